The summed E-state index contributed by atoms with van der Waals surface area (Å²) < 4.78 is 40.1. The summed E-state index contributed by atoms with van der Waals surface area (Å²) >= 11 is 0. The van der Waals surface area contributed by atoms with Crippen LogP contribution in [0.25, 0.3) is 0 Å². The van der Waals surface area contributed by atoms with Gasteiger partial charge in [0.15, 0.2) is 5.78 Å². The second-order valence-electron chi connectivity index (χ2n) is 7.93. The molecule has 1 saturated heterocycles. The molecule has 3 atom stereocenters. The summed E-state index contributed by atoms with van der Waals surface area (Å²) in [5.74, 6) is 1.01. The van der Waals surface area contributed by atoms with E-state index >= 15 is 0 Å². The number of fused-ring (bicyclic) bond motifs is 1. The first kappa shape index (κ1) is 18.9. The summed E-state index contributed by atoms with van der Waals surface area (Å²) in [5.41, 5.74) is 1.05. The number of carbonyl (C=O) groups is 1. The van der Waals surface area contributed by atoms with Crippen LogP contribution in [0, 0.1) is 18.8 Å². The van der Waals surface area contributed by atoms with Crippen LogP contribution in [-0.2, 0) is 6.18 Å². The minimum Gasteiger partial charge on any atom is -0.340 e. The standard InChI is InChI=1S/C21H22F3N3O/c1-12-7-19(13(2)28)26-20(25-12)27-10-15-8-14(9-16(15)11-27)17-5-3-4-6-18(17)21(22,23)24/h3-7,14-16H,8-11H2,1-2H3/t14-,15-,16+. The van der Waals surface area contributed by atoms with E-state index in [0.717, 1.165) is 31.6 Å². The van der Waals surface area contributed by atoms with Crippen molar-refractivity contribution in [3.8, 4) is 0 Å². The molecule has 0 unspecified atom stereocenters. The van der Waals surface area contributed by atoms with E-state index in [0.29, 0.717) is 29.0 Å². The molecule has 4 rings (SSSR count). The molecule has 2 fully saturated rings. The molecule has 0 spiro atoms. The Morgan fingerprint density at radius 2 is 1.75 bits per heavy atom. The van der Waals surface area contributed by atoms with Crippen molar-refractivity contribution in [3.63, 3.8) is 0 Å². The monoisotopic (exact) mass is 389 g/mol. The normalized spacial score (nSPS) is 24.5. The zero-order chi connectivity index (χ0) is 20.1. The van der Waals surface area contributed by atoms with Crippen molar-refractivity contribution in [1.29, 1.82) is 0 Å². The van der Waals surface area contributed by atoms with E-state index in [1.54, 1.807) is 18.2 Å². The van der Waals surface area contributed by atoms with Gasteiger partial charge in [0.2, 0.25) is 5.95 Å². The van der Waals surface area contributed by atoms with E-state index in [1.165, 1.54) is 19.1 Å². The minimum absolute atomic E-state index is 0.0683. The van der Waals surface area contributed by atoms with Crippen LogP contribution >= 0.6 is 0 Å². The fourth-order valence-electron chi connectivity index (χ4n) is 4.70. The third-order valence-electron chi connectivity index (χ3n) is 5.94. The number of carbonyl (C=O) groups excluding carboxylic acids is 1. The number of rotatable bonds is 3. The minimum atomic E-state index is -4.32. The van der Waals surface area contributed by atoms with Crippen molar-refractivity contribution < 1.29 is 18.0 Å². The fraction of sp³-hybridized carbons (Fsp3) is 0.476. The van der Waals surface area contributed by atoms with Gasteiger partial charge in [-0.05, 0) is 55.2 Å². The van der Waals surface area contributed by atoms with Crippen molar-refractivity contribution in [2.75, 3.05) is 18.0 Å². The van der Waals surface area contributed by atoms with Crippen LogP contribution in [0.15, 0.2) is 30.3 Å². The van der Waals surface area contributed by atoms with Crippen molar-refractivity contribution in [2.45, 2.75) is 38.8 Å². The van der Waals surface area contributed by atoms with Crippen LogP contribution in [-0.4, -0.2) is 28.8 Å². The maximum atomic E-state index is 13.4. The molecule has 0 bridgehead atoms. The molecule has 1 aromatic heterocycles. The Morgan fingerprint density at radius 1 is 1.11 bits per heavy atom. The first-order chi connectivity index (χ1) is 13.2. The second kappa shape index (κ2) is 6.87. The molecule has 7 heteroatoms. The number of Topliss-reactive ketones (excluding diaryl/α,β-unsaturated/α-hetero) is 1. The van der Waals surface area contributed by atoms with E-state index in [1.807, 2.05) is 6.92 Å². The van der Waals surface area contributed by atoms with Gasteiger partial charge in [-0.2, -0.15) is 13.2 Å². The molecule has 0 N–H and O–H groups in total. The average molecular weight is 389 g/mol. The number of alkyl halides is 3. The van der Waals surface area contributed by atoms with Crippen LogP contribution in [0.1, 0.15) is 53.0 Å². The molecular formula is C21H22F3N3O. The Hall–Kier alpha value is -2.44. The second-order valence-corrected chi connectivity index (χ2v) is 7.93. The van der Waals surface area contributed by atoms with Crippen molar-refractivity contribution in [1.82, 2.24) is 9.97 Å². The molecule has 2 heterocycles. The van der Waals surface area contributed by atoms with Gasteiger partial charge in [-0.3, -0.25) is 4.79 Å². The number of halogens is 3. The molecule has 28 heavy (non-hydrogen) atoms. The number of nitrogens with zero attached hydrogens (tertiary/aromatic N) is 3. The lowest BCUT2D eigenvalue weighted by Gasteiger charge is -2.22. The van der Waals surface area contributed by atoms with Gasteiger partial charge in [0.1, 0.15) is 5.69 Å². The van der Waals surface area contributed by atoms with Gasteiger partial charge in [-0.15, -0.1) is 0 Å². The Bertz CT molecular complexity index is 898. The van der Waals surface area contributed by atoms with Gasteiger partial charge in [0, 0.05) is 25.7 Å². The predicted octanol–water partition coefficient (Wildman–Crippen LogP) is 4.64. The van der Waals surface area contributed by atoms with Crippen LogP contribution in [0.4, 0.5) is 19.1 Å². The molecule has 2 aliphatic rings. The summed E-state index contributed by atoms with van der Waals surface area (Å²) in [4.78, 5) is 22.6. The zero-order valence-electron chi connectivity index (χ0n) is 15.8. The Morgan fingerprint density at radius 3 is 2.36 bits per heavy atom. The van der Waals surface area contributed by atoms with E-state index in [-0.39, 0.29) is 11.7 Å². The number of aryl methyl sites for hydroxylation is 1. The molecular weight excluding hydrogens is 367 g/mol. The number of hydrogen-bond acceptors (Lipinski definition) is 4. The SMILES string of the molecule is CC(=O)c1cc(C)nc(N2C[C@H]3C[C@@H](c4ccccc4C(F)(F)F)C[C@H]3C2)n1. The summed E-state index contributed by atoms with van der Waals surface area (Å²) in [7, 11) is 0. The lowest BCUT2D eigenvalue weighted by atomic mass is 9.91. The third-order valence-corrected chi connectivity index (χ3v) is 5.94. The van der Waals surface area contributed by atoms with Gasteiger partial charge in [-0.1, -0.05) is 18.2 Å². The summed E-state index contributed by atoms with van der Waals surface area (Å²) in [5, 5.41) is 0. The van der Waals surface area contributed by atoms with Crippen LogP contribution < -0.4 is 4.90 Å². The summed E-state index contributed by atoms with van der Waals surface area (Å²) in [6, 6.07) is 7.61. The number of anilines is 1. The summed E-state index contributed by atoms with van der Waals surface area (Å²) in [6.45, 7) is 4.75. The topological polar surface area (TPSA) is 46.1 Å². The van der Waals surface area contributed by atoms with Gasteiger partial charge >= 0.3 is 6.18 Å². The average Bonchev–Trinajstić information content (AvgIpc) is 3.19. The number of ketones is 1. The molecule has 4 nitrogen and oxygen atoms in total. The molecule has 1 saturated carbocycles. The van der Waals surface area contributed by atoms with Gasteiger partial charge in [0.25, 0.3) is 0 Å². The van der Waals surface area contributed by atoms with Crippen LogP contribution in [0.5, 0.6) is 0 Å². The van der Waals surface area contributed by atoms with Crippen molar-refractivity contribution >= 4 is 11.7 Å². The highest BCUT2D eigenvalue weighted by molar-refractivity contribution is 5.92. The quantitative estimate of drug-likeness (QED) is 0.718. The predicted molar refractivity (Wildman–Crippen MR) is 99.4 cm³/mol. The zero-order valence-corrected chi connectivity index (χ0v) is 15.8. The number of hydrogen-bond donors (Lipinski definition) is 0. The first-order valence-corrected chi connectivity index (χ1v) is 9.50. The van der Waals surface area contributed by atoms with Crippen LogP contribution in [0.3, 0.4) is 0 Å². The highest BCUT2D eigenvalue weighted by atomic mass is 19.4. The van der Waals surface area contributed by atoms with Crippen molar-refractivity contribution in [3.05, 3.63) is 52.8 Å². The smallest absolute Gasteiger partial charge is 0.340 e. The fourth-order valence-corrected chi connectivity index (χ4v) is 4.70. The Kier molecular flexibility index (Phi) is 4.63. The lowest BCUT2D eigenvalue weighted by Crippen LogP contribution is -2.25. The van der Waals surface area contributed by atoms with Gasteiger partial charge in [0.05, 0.1) is 5.56 Å². The van der Waals surface area contributed by atoms with E-state index in [9.17, 15) is 18.0 Å². The van der Waals surface area contributed by atoms with Crippen LogP contribution in [0.2, 0.25) is 0 Å². The van der Waals surface area contributed by atoms with Gasteiger partial charge < -0.3 is 4.90 Å². The van der Waals surface area contributed by atoms with Gasteiger partial charge in [-0.25, -0.2) is 9.97 Å². The Labute approximate surface area is 161 Å². The maximum absolute atomic E-state index is 13.4. The molecule has 148 valence electrons. The molecule has 1 aliphatic carbocycles. The Balaban J connectivity index is 1.51. The molecule has 1 aliphatic heterocycles. The van der Waals surface area contributed by atoms with E-state index < -0.39 is 11.7 Å². The molecule has 2 aromatic rings. The number of benzene rings is 1. The summed E-state index contributed by atoms with van der Waals surface area (Å²) in [6.07, 6.45) is -2.85. The first-order valence-electron chi connectivity index (χ1n) is 9.50. The molecule has 1 aromatic carbocycles. The maximum Gasteiger partial charge on any atom is 0.416 e. The molecule has 0 radical (unpaired) electrons. The highest BCUT2D eigenvalue weighted by Crippen LogP contribution is 2.49. The molecule has 0 amide bonds. The highest BCUT2D eigenvalue weighted by Gasteiger charge is 2.44. The largest absolute Gasteiger partial charge is 0.416 e. The van der Waals surface area contributed by atoms with Crippen molar-refractivity contribution in [2.24, 2.45) is 11.8 Å². The third kappa shape index (κ3) is 3.50. The lowest BCUT2D eigenvalue weighted by molar-refractivity contribution is -0.138. The van der Waals surface area contributed by atoms with E-state index in [4.69, 9.17) is 0 Å². The number of aromatic nitrogens is 2. The van der Waals surface area contributed by atoms with E-state index in [2.05, 4.69) is 14.9 Å².